The van der Waals surface area contributed by atoms with Crippen LogP contribution in [0.3, 0.4) is 0 Å². The molecule has 24 heavy (non-hydrogen) atoms. The van der Waals surface area contributed by atoms with E-state index in [2.05, 4.69) is 11.6 Å². The van der Waals surface area contributed by atoms with Crippen molar-refractivity contribution in [1.29, 1.82) is 0 Å². The van der Waals surface area contributed by atoms with Crippen LogP contribution in [0, 0.1) is 5.92 Å². The molecule has 0 fully saturated rings. The number of methoxy groups -OCH3 is 1. The van der Waals surface area contributed by atoms with Crippen LogP contribution in [0.5, 0.6) is 0 Å². The molecule has 1 rings (SSSR count). The number of benzene rings is 1. The van der Waals surface area contributed by atoms with Crippen molar-refractivity contribution in [2.75, 3.05) is 20.3 Å². The van der Waals surface area contributed by atoms with Gasteiger partial charge in [0.2, 0.25) is 0 Å². The summed E-state index contributed by atoms with van der Waals surface area (Å²) in [5, 5.41) is 9.87. The number of aliphatic imine (C=N–C) groups is 1. The first-order valence-corrected chi connectivity index (χ1v) is 7.76. The van der Waals surface area contributed by atoms with Crippen LogP contribution in [0.15, 0.2) is 59.3 Å². The summed E-state index contributed by atoms with van der Waals surface area (Å²) >= 11 is 0. The van der Waals surface area contributed by atoms with E-state index in [1.165, 1.54) is 14.0 Å². The van der Waals surface area contributed by atoms with Crippen molar-refractivity contribution in [3.63, 3.8) is 0 Å². The molecule has 0 aromatic heterocycles. The first-order valence-electron chi connectivity index (χ1n) is 7.76. The van der Waals surface area contributed by atoms with E-state index in [-0.39, 0.29) is 17.3 Å². The monoisotopic (exact) mass is 331 g/mol. The number of ether oxygens (including phenoxy) is 2. The van der Waals surface area contributed by atoms with E-state index in [1.54, 1.807) is 6.08 Å². The molecule has 5 heteroatoms. The van der Waals surface area contributed by atoms with E-state index in [4.69, 9.17) is 9.47 Å². The molecule has 0 aliphatic carbocycles. The predicted molar refractivity (Wildman–Crippen MR) is 95.1 cm³/mol. The van der Waals surface area contributed by atoms with Crippen LogP contribution in [0.2, 0.25) is 0 Å². The fraction of sp³-hybridized carbons (Fsp3) is 0.368. The van der Waals surface area contributed by atoms with Gasteiger partial charge in [-0.1, -0.05) is 43.3 Å². The number of carbonyl (C=O) groups excluding carboxylic acids is 1. The molecule has 130 valence electrons. The lowest BCUT2D eigenvalue weighted by Crippen LogP contribution is -2.26. The largest absolute Gasteiger partial charge is 0.512 e. The predicted octanol–water partition coefficient (Wildman–Crippen LogP) is 3.47. The number of carbonyl (C=O) groups is 1. The Morgan fingerprint density at radius 3 is 2.58 bits per heavy atom. The molecule has 0 saturated heterocycles. The molecule has 0 spiro atoms. The van der Waals surface area contributed by atoms with Crippen molar-refractivity contribution in [3.05, 3.63) is 59.9 Å². The zero-order valence-electron chi connectivity index (χ0n) is 14.5. The van der Waals surface area contributed by atoms with E-state index in [1.807, 2.05) is 37.3 Å². The van der Waals surface area contributed by atoms with Gasteiger partial charge in [0.25, 0.3) is 0 Å². The molecule has 0 bridgehead atoms. The Bertz CT molecular complexity index is 601. The fourth-order valence-corrected chi connectivity index (χ4v) is 2.19. The Kier molecular flexibility index (Phi) is 8.50. The molecular weight excluding hydrogens is 306 g/mol. The number of hydrogen-bond donors (Lipinski definition) is 1. The summed E-state index contributed by atoms with van der Waals surface area (Å²) in [7, 11) is 1.27. The molecule has 5 nitrogen and oxygen atoms in total. The van der Waals surface area contributed by atoms with E-state index in [0.29, 0.717) is 25.5 Å². The fourth-order valence-electron chi connectivity index (χ4n) is 2.19. The van der Waals surface area contributed by atoms with Crippen LogP contribution in [0.4, 0.5) is 0 Å². The molecule has 0 radical (unpaired) electrons. The van der Waals surface area contributed by atoms with Crippen molar-refractivity contribution in [3.8, 4) is 0 Å². The highest BCUT2D eigenvalue weighted by atomic mass is 16.5. The van der Waals surface area contributed by atoms with Gasteiger partial charge in [0.1, 0.15) is 11.3 Å². The normalized spacial score (nSPS) is 13.9. The summed E-state index contributed by atoms with van der Waals surface area (Å²) in [5.74, 6) is -0.933. The minimum atomic E-state index is -0.618. The number of rotatable bonds is 9. The topological polar surface area (TPSA) is 68.1 Å². The lowest BCUT2D eigenvalue weighted by Gasteiger charge is -2.17. The van der Waals surface area contributed by atoms with Gasteiger partial charge in [-0.05, 0) is 12.5 Å². The van der Waals surface area contributed by atoms with Gasteiger partial charge in [-0.2, -0.15) is 0 Å². The molecule has 1 unspecified atom stereocenters. The maximum absolute atomic E-state index is 12.0. The molecule has 1 atom stereocenters. The van der Waals surface area contributed by atoms with E-state index >= 15 is 0 Å². The quantitative estimate of drug-likeness (QED) is 0.247. The van der Waals surface area contributed by atoms with Gasteiger partial charge in [0.05, 0.1) is 32.6 Å². The zero-order chi connectivity index (χ0) is 17.9. The summed E-state index contributed by atoms with van der Waals surface area (Å²) in [6, 6.07) is 9.81. The number of allylic oxidation sites excluding steroid dienone is 1. The summed E-state index contributed by atoms with van der Waals surface area (Å²) in [4.78, 5) is 16.3. The Morgan fingerprint density at radius 1 is 1.38 bits per heavy atom. The number of hydrogen-bond acceptors (Lipinski definition) is 5. The van der Waals surface area contributed by atoms with Crippen LogP contribution in [0.1, 0.15) is 19.4 Å². The van der Waals surface area contributed by atoms with E-state index in [9.17, 15) is 9.90 Å². The second-order valence-electron chi connectivity index (χ2n) is 5.37. The first kappa shape index (κ1) is 19.6. The highest BCUT2D eigenvalue weighted by Gasteiger charge is 2.25. The summed E-state index contributed by atoms with van der Waals surface area (Å²) in [6.45, 7) is 8.12. The molecule has 1 aromatic rings. The van der Waals surface area contributed by atoms with Gasteiger partial charge in [-0.25, -0.2) is 4.79 Å². The molecule has 0 amide bonds. The molecule has 0 aliphatic heterocycles. The second-order valence-corrected chi connectivity index (χ2v) is 5.37. The van der Waals surface area contributed by atoms with Crippen molar-refractivity contribution in [2.45, 2.75) is 20.5 Å². The average molecular weight is 331 g/mol. The molecule has 1 N–H and O–H groups in total. The molecule has 1 aromatic carbocycles. The third-order valence-electron chi connectivity index (χ3n) is 3.34. The molecule has 0 saturated carbocycles. The van der Waals surface area contributed by atoms with Crippen LogP contribution in [-0.2, 0) is 20.9 Å². The highest BCUT2D eigenvalue weighted by Crippen LogP contribution is 2.15. The second kappa shape index (κ2) is 10.4. The highest BCUT2D eigenvalue weighted by molar-refractivity contribution is 6.20. The molecule has 0 aliphatic rings. The number of aliphatic hydroxyl groups is 1. The first-order chi connectivity index (χ1) is 11.5. The van der Waals surface area contributed by atoms with Crippen molar-refractivity contribution < 1.29 is 19.4 Å². The number of aliphatic hydroxyl groups excluding tert-OH is 1. The molecular formula is C19H25NO4. The number of esters is 1. The van der Waals surface area contributed by atoms with Gasteiger partial charge in [-0.15, -0.1) is 6.58 Å². The Morgan fingerprint density at radius 2 is 2.04 bits per heavy atom. The van der Waals surface area contributed by atoms with Crippen LogP contribution < -0.4 is 0 Å². The van der Waals surface area contributed by atoms with Crippen molar-refractivity contribution >= 4 is 11.7 Å². The maximum Gasteiger partial charge on any atom is 0.343 e. The molecule has 0 heterocycles. The SMILES string of the molecule is C=CCN=C(C(C(=O)OC)=C(C)O)C(C)COCc1ccccc1. The van der Waals surface area contributed by atoms with E-state index in [0.717, 1.165) is 5.56 Å². The minimum Gasteiger partial charge on any atom is -0.512 e. The number of nitrogens with zero attached hydrogens (tertiary/aromatic N) is 1. The standard InChI is InChI=1S/C19H25NO4/c1-5-11-20-18(17(15(3)21)19(22)23-4)14(2)12-24-13-16-9-7-6-8-10-16/h5-10,14,21H,1,11-13H2,2-4H3. The smallest absolute Gasteiger partial charge is 0.343 e. The van der Waals surface area contributed by atoms with E-state index < -0.39 is 5.97 Å². The Hall–Kier alpha value is -2.40. The lowest BCUT2D eigenvalue weighted by atomic mass is 9.97. The van der Waals surface area contributed by atoms with Gasteiger partial charge in [-0.3, -0.25) is 4.99 Å². The van der Waals surface area contributed by atoms with Crippen LogP contribution in [0.25, 0.3) is 0 Å². The summed E-state index contributed by atoms with van der Waals surface area (Å²) in [5.41, 5.74) is 1.60. The maximum atomic E-state index is 12.0. The van der Waals surface area contributed by atoms with Gasteiger partial charge in [0.15, 0.2) is 0 Å². The Balaban J connectivity index is 2.85. The summed E-state index contributed by atoms with van der Waals surface area (Å²) in [6.07, 6.45) is 1.62. The van der Waals surface area contributed by atoms with Crippen molar-refractivity contribution in [2.24, 2.45) is 10.9 Å². The Labute approximate surface area is 143 Å². The lowest BCUT2D eigenvalue weighted by molar-refractivity contribution is -0.135. The van der Waals surface area contributed by atoms with Gasteiger partial charge < -0.3 is 14.6 Å². The van der Waals surface area contributed by atoms with Crippen molar-refractivity contribution in [1.82, 2.24) is 0 Å². The minimum absolute atomic E-state index is 0.0789. The van der Waals surface area contributed by atoms with Crippen LogP contribution >= 0.6 is 0 Å². The zero-order valence-corrected chi connectivity index (χ0v) is 14.5. The van der Waals surface area contributed by atoms with Gasteiger partial charge >= 0.3 is 5.97 Å². The summed E-state index contributed by atoms with van der Waals surface area (Å²) < 4.78 is 10.5. The third kappa shape index (κ3) is 6.01. The van der Waals surface area contributed by atoms with Crippen LogP contribution in [-0.4, -0.2) is 37.0 Å². The average Bonchev–Trinajstić information content (AvgIpc) is 2.58. The third-order valence-corrected chi connectivity index (χ3v) is 3.34. The van der Waals surface area contributed by atoms with Gasteiger partial charge in [0, 0.05) is 5.92 Å².